The molecular formula is C24H23ClN2O4. The predicted molar refractivity (Wildman–Crippen MR) is 122 cm³/mol. The van der Waals surface area contributed by atoms with E-state index in [1.54, 1.807) is 74.7 Å². The first kappa shape index (κ1) is 22.2. The van der Waals surface area contributed by atoms with E-state index in [1.807, 2.05) is 13.0 Å². The summed E-state index contributed by atoms with van der Waals surface area (Å²) in [6.07, 6.45) is -0.739. The van der Waals surface area contributed by atoms with Gasteiger partial charge >= 0.3 is 0 Å². The maximum Gasteiger partial charge on any atom is 0.265 e. The number of carbonyl (C=O) groups excluding carboxylic acids is 2. The second-order valence-electron chi connectivity index (χ2n) is 6.92. The van der Waals surface area contributed by atoms with Crippen molar-refractivity contribution in [1.82, 2.24) is 0 Å². The van der Waals surface area contributed by atoms with Gasteiger partial charge in [-0.3, -0.25) is 9.59 Å². The van der Waals surface area contributed by atoms with E-state index >= 15 is 0 Å². The molecule has 0 saturated heterocycles. The predicted octanol–water partition coefficient (Wildman–Crippen LogP) is 5.32. The Kier molecular flexibility index (Phi) is 7.15. The molecule has 3 aromatic carbocycles. The van der Waals surface area contributed by atoms with Gasteiger partial charge in [0.05, 0.1) is 7.11 Å². The number of carbonyl (C=O) groups is 2. The third-order valence-electron chi connectivity index (χ3n) is 4.60. The molecule has 0 aliphatic heterocycles. The Labute approximate surface area is 186 Å². The second kappa shape index (κ2) is 10.00. The van der Waals surface area contributed by atoms with Crippen LogP contribution in [0.15, 0.2) is 66.7 Å². The molecule has 3 aromatic rings. The Hall–Kier alpha value is -3.51. The molecule has 2 amide bonds. The van der Waals surface area contributed by atoms with Gasteiger partial charge < -0.3 is 20.1 Å². The maximum atomic E-state index is 12.5. The number of amides is 2. The van der Waals surface area contributed by atoms with Crippen molar-refractivity contribution in [2.45, 2.75) is 20.0 Å². The van der Waals surface area contributed by atoms with Gasteiger partial charge in [-0.05, 0) is 80.1 Å². The number of nitrogens with one attached hydrogen (secondary N) is 2. The van der Waals surface area contributed by atoms with E-state index in [4.69, 9.17) is 21.1 Å². The Morgan fingerprint density at radius 2 is 1.55 bits per heavy atom. The van der Waals surface area contributed by atoms with Crippen molar-refractivity contribution in [1.29, 1.82) is 0 Å². The highest BCUT2D eigenvalue weighted by atomic mass is 35.5. The minimum absolute atomic E-state index is 0.251. The van der Waals surface area contributed by atoms with E-state index in [0.29, 0.717) is 33.5 Å². The molecule has 160 valence electrons. The van der Waals surface area contributed by atoms with Crippen molar-refractivity contribution in [3.8, 4) is 11.5 Å². The third kappa shape index (κ3) is 5.99. The summed E-state index contributed by atoms with van der Waals surface area (Å²) in [5.41, 5.74) is 2.67. The number of methoxy groups -OCH3 is 1. The molecule has 0 saturated carbocycles. The lowest BCUT2D eigenvalue weighted by atomic mass is 10.2. The highest BCUT2D eigenvalue weighted by Crippen LogP contribution is 2.21. The summed E-state index contributed by atoms with van der Waals surface area (Å²) < 4.78 is 10.8. The minimum Gasteiger partial charge on any atom is -0.497 e. The average Bonchev–Trinajstić information content (AvgIpc) is 2.77. The molecule has 0 fully saturated rings. The van der Waals surface area contributed by atoms with Gasteiger partial charge in [0.15, 0.2) is 6.10 Å². The van der Waals surface area contributed by atoms with E-state index in [2.05, 4.69) is 10.6 Å². The van der Waals surface area contributed by atoms with Crippen LogP contribution in [0.2, 0.25) is 5.02 Å². The van der Waals surface area contributed by atoms with Gasteiger partial charge in [-0.1, -0.05) is 17.7 Å². The van der Waals surface area contributed by atoms with Crippen LogP contribution in [0, 0.1) is 6.92 Å². The molecule has 0 heterocycles. The Morgan fingerprint density at radius 1 is 0.903 bits per heavy atom. The summed E-state index contributed by atoms with van der Waals surface area (Å²) >= 11 is 5.99. The SMILES string of the molecule is COc1ccc(NC(=O)c2ccc(OC(C)C(=O)Nc3cc(Cl)ccc3C)cc2)cc1. The molecular weight excluding hydrogens is 416 g/mol. The Bertz CT molecular complexity index is 1070. The van der Waals surface area contributed by atoms with Crippen molar-refractivity contribution in [2.24, 2.45) is 0 Å². The molecule has 0 radical (unpaired) electrons. The molecule has 0 bridgehead atoms. The average molecular weight is 439 g/mol. The first-order chi connectivity index (χ1) is 14.9. The number of halogens is 1. The zero-order valence-corrected chi connectivity index (χ0v) is 18.2. The lowest BCUT2D eigenvalue weighted by Crippen LogP contribution is -2.30. The fourth-order valence-corrected chi connectivity index (χ4v) is 2.96. The van der Waals surface area contributed by atoms with E-state index < -0.39 is 6.10 Å². The van der Waals surface area contributed by atoms with Gasteiger partial charge in [0.2, 0.25) is 0 Å². The van der Waals surface area contributed by atoms with Crippen molar-refractivity contribution < 1.29 is 19.1 Å². The largest absolute Gasteiger partial charge is 0.497 e. The Balaban J connectivity index is 1.58. The molecule has 7 heteroatoms. The van der Waals surface area contributed by atoms with Crippen LogP contribution in [0.4, 0.5) is 11.4 Å². The quantitative estimate of drug-likeness (QED) is 0.523. The smallest absolute Gasteiger partial charge is 0.265 e. The first-order valence-electron chi connectivity index (χ1n) is 9.65. The van der Waals surface area contributed by atoms with Crippen molar-refractivity contribution >= 4 is 34.8 Å². The van der Waals surface area contributed by atoms with Crippen LogP contribution in [0.5, 0.6) is 11.5 Å². The fourth-order valence-electron chi connectivity index (χ4n) is 2.78. The van der Waals surface area contributed by atoms with Crippen LogP contribution in [-0.2, 0) is 4.79 Å². The van der Waals surface area contributed by atoms with Gasteiger partial charge in [-0.25, -0.2) is 0 Å². The molecule has 1 unspecified atom stereocenters. The zero-order chi connectivity index (χ0) is 22.4. The molecule has 31 heavy (non-hydrogen) atoms. The molecule has 2 N–H and O–H groups in total. The van der Waals surface area contributed by atoms with Crippen molar-refractivity contribution in [3.05, 3.63) is 82.9 Å². The summed E-state index contributed by atoms with van der Waals surface area (Å²) in [5, 5.41) is 6.17. The van der Waals surface area contributed by atoms with E-state index in [0.717, 1.165) is 5.56 Å². The topological polar surface area (TPSA) is 76.7 Å². The van der Waals surface area contributed by atoms with Crippen molar-refractivity contribution in [3.63, 3.8) is 0 Å². The minimum atomic E-state index is -0.739. The van der Waals surface area contributed by atoms with Crippen LogP contribution in [-0.4, -0.2) is 25.0 Å². The lowest BCUT2D eigenvalue weighted by molar-refractivity contribution is -0.122. The molecule has 0 aromatic heterocycles. The van der Waals surface area contributed by atoms with E-state index in [9.17, 15) is 9.59 Å². The summed E-state index contributed by atoms with van der Waals surface area (Å²) in [6, 6.07) is 18.9. The summed E-state index contributed by atoms with van der Waals surface area (Å²) in [6.45, 7) is 3.53. The first-order valence-corrected chi connectivity index (χ1v) is 10.0. The summed E-state index contributed by atoms with van der Waals surface area (Å²) in [7, 11) is 1.58. The van der Waals surface area contributed by atoms with Gasteiger partial charge in [-0.15, -0.1) is 0 Å². The highest BCUT2D eigenvalue weighted by Gasteiger charge is 2.16. The lowest BCUT2D eigenvalue weighted by Gasteiger charge is -2.16. The van der Waals surface area contributed by atoms with E-state index in [-0.39, 0.29) is 11.8 Å². The van der Waals surface area contributed by atoms with Crippen LogP contribution >= 0.6 is 11.6 Å². The van der Waals surface area contributed by atoms with Crippen LogP contribution in [0.1, 0.15) is 22.8 Å². The molecule has 0 aliphatic rings. The number of anilines is 2. The van der Waals surface area contributed by atoms with Gasteiger partial charge in [0, 0.05) is 22.0 Å². The van der Waals surface area contributed by atoms with Crippen LogP contribution in [0.25, 0.3) is 0 Å². The monoisotopic (exact) mass is 438 g/mol. The standard InChI is InChI=1S/C24H23ClN2O4/c1-15-4-7-18(25)14-22(15)27-23(28)16(2)31-21-10-5-17(6-11-21)24(29)26-19-8-12-20(30-3)13-9-19/h4-14,16H,1-3H3,(H,26,29)(H,27,28). The summed E-state index contributed by atoms with van der Waals surface area (Å²) in [5.74, 6) is 0.639. The highest BCUT2D eigenvalue weighted by molar-refractivity contribution is 6.31. The van der Waals surface area contributed by atoms with Gasteiger partial charge in [0.25, 0.3) is 11.8 Å². The number of benzene rings is 3. The van der Waals surface area contributed by atoms with Crippen LogP contribution in [0.3, 0.4) is 0 Å². The normalized spacial score (nSPS) is 11.4. The molecule has 0 spiro atoms. The van der Waals surface area contributed by atoms with Crippen molar-refractivity contribution in [2.75, 3.05) is 17.7 Å². The fraction of sp³-hybridized carbons (Fsp3) is 0.167. The number of ether oxygens (including phenoxy) is 2. The van der Waals surface area contributed by atoms with Crippen LogP contribution < -0.4 is 20.1 Å². The van der Waals surface area contributed by atoms with E-state index in [1.165, 1.54) is 0 Å². The molecule has 6 nitrogen and oxygen atoms in total. The van der Waals surface area contributed by atoms with Gasteiger partial charge in [0.1, 0.15) is 11.5 Å². The summed E-state index contributed by atoms with van der Waals surface area (Å²) in [4.78, 5) is 24.9. The molecule has 0 aliphatic carbocycles. The number of rotatable bonds is 7. The number of hydrogen-bond acceptors (Lipinski definition) is 4. The van der Waals surface area contributed by atoms with Gasteiger partial charge in [-0.2, -0.15) is 0 Å². The third-order valence-corrected chi connectivity index (χ3v) is 4.84. The molecule has 3 rings (SSSR count). The maximum absolute atomic E-state index is 12.5. The molecule has 1 atom stereocenters. The Morgan fingerprint density at radius 3 is 2.19 bits per heavy atom. The second-order valence-corrected chi connectivity index (χ2v) is 7.35. The zero-order valence-electron chi connectivity index (χ0n) is 17.4. The number of hydrogen-bond donors (Lipinski definition) is 2. The number of aryl methyl sites for hydroxylation is 1.